The quantitative estimate of drug-likeness (QED) is 0.0543. The van der Waals surface area contributed by atoms with Gasteiger partial charge in [-0.3, -0.25) is 4.79 Å². The van der Waals surface area contributed by atoms with Gasteiger partial charge in [0.05, 0.1) is 36.0 Å². The Hall–Kier alpha value is -10.7. The van der Waals surface area contributed by atoms with Gasteiger partial charge in [-0.05, 0) is 73.7 Å². The minimum Gasteiger partial charge on any atom is -0.490 e. The van der Waals surface area contributed by atoms with Crippen molar-refractivity contribution in [2.45, 2.75) is 43.4 Å². The van der Waals surface area contributed by atoms with Gasteiger partial charge in [0.2, 0.25) is 23.6 Å². The third-order valence-electron chi connectivity index (χ3n) is 13.8. The third-order valence-corrected chi connectivity index (χ3v) is 13.8. The second-order valence-corrected chi connectivity index (χ2v) is 19.2. The fourth-order valence-corrected chi connectivity index (χ4v) is 9.76. The van der Waals surface area contributed by atoms with Gasteiger partial charge < -0.3 is 56.5 Å². The summed E-state index contributed by atoms with van der Waals surface area (Å²) in [5.74, 6) is -5.87. The van der Waals surface area contributed by atoms with Gasteiger partial charge >= 0.3 is 35.6 Å². The minimum atomic E-state index is -1.86. The lowest BCUT2D eigenvalue weighted by Gasteiger charge is -2.44. The number of benzene rings is 8. The summed E-state index contributed by atoms with van der Waals surface area (Å²) in [4.78, 5) is 84.5. The van der Waals surface area contributed by atoms with E-state index in [1.54, 1.807) is 97.9 Å². The van der Waals surface area contributed by atoms with E-state index in [0.29, 0.717) is 28.2 Å². The van der Waals surface area contributed by atoms with Crippen LogP contribution < -0.4 is 29.1 Å². The number of fused-ring (bicyclic) bond motifs is 2. The first-order valence-electron chi connectivity index (χ1n) is 26.9. The van der Waals surface area contributed by atoms with Gasteiger partial charge in [-0.25, -0.2) is 24.0 Å². The molecule has 18 heteroatoms. The lowest BCUT2D eigenvalue weighted by molar-refractivity contribution is -0.275. The van der Waals surface area contributed by atoms with E-state index >= 15 is 0 Å². The molecule has 85 heavy (non-hydrogen) atoms. The Labute approximate surface area is 485 Å². The van der Waals surface area contributed by atoms with Gasteiger partial charge in [0.1, 0.15) is 35.2 Å². The summed E-state index contributed by atoms with van der Waals surface area (Å²) in [5.41, 5.74) is 1.19. The van der Waals surface area contributed by atoms with Crippen LogP contribution in [0.5, 0.6) is 28.7 Å². The van der Waals surface area contributed by atoms with Crippen molar-refractivity contribution >= 4 is 40.8 Å². The number of esters is 5. The molecule has 0 radical (unpaired) electrons. The van der Waals surface area contributed by atoms with Crippen LogP contribution in [0.2, 0.25) is 0 Å². The average molecular weight is 1150 g/mol. The van der Waals surface area contributed by atoms with Crippen LogP contribution in [-0.2, 0) is 39.0 Å². The van der Waals surface area contributed by atoms with Crippen molar-refractivity contribution in [3.63, 3.8) is 0 Å². The van der Waals surface area contributed by atoms with Gasteiger partial charge in [0, 0.05) is 28.8 Å². The Bertz CT molecular complexity index is 3880. The van der Waals surface area contributed by atoms with Crippen LogP contribution in [0.15, 0.2) is 222 Å². The summed E-state index contributed by atoms with van der Waals surface area (Å²) in [7, 11) is 1.29. The molecule has 5 atom stereocenters. The van der Waals surface area contributed by atoms with Gasteiger partial charge in [-0.2, -0.15) is 0 Å². The van der Waals surface area contributed by atoms with Crippen LogP contribution in [-0.4, -0.2) is 87.5 Å². The Balaban J connectivity index is 1.04. The molecule has 1 fully saturated rings. The van der Waals surface area contributed by atoms with Gasteiger partial charge in [-0.1, -0.05) is 133 Å². The van der Waals surface area contributed by atoms with Crippen LogP contribution in [0.1, 0.15) is 59.5 Å². The summed E-state index contributed by atoms with van der Waals surface area (Å²) < 4.78 is 75.0. The van der Waals surface area contributed by atoms with E-state index in [1.807, 2.05) is 60.7 Å². The van der Waals surface area contributed by atoms with Crippen LogP contribution in [0, 0.1) is 0 Å². The Morgan fingerprint density at radius 1 is 0.529 bits per heavy atom. The number of methoxy groups -OCH3 is 1. The molecule has 2 aliphatic heterocycles. The largest absolute Gasteiger partial charge is 0.490 e. The standard InChI is InChI=1S/C67H52O18/c1-3-75-54(68)40-76-51-37-48(38-52-55(51)56(69)59(74-2)57(79-52)45-34-35-49-50(36-45)85-67(84-49,46-30-18-8-19-31-46)47-32-20-9-21-33-47)78-66-61(83-65(73)44-28-16-7-17-29-44)60(82-64(72)43-26-14-6-15-27-43)58(81-63(71)42-24-12-5-13-25-42)53(80-66)39-77-62(70)41-22-10-4-11-23-41/h4-38,53,58,60-61,66H,3,39-40H2,1-2H3/t53?,58-,60?,61?,66-/m1/s1. The van der Waals surface area contributed by atoms with Crippen molar-refractivity contribution in [2.24, 2.45) is 0 Å². The van der Waals surface area contributed by atoms with Crippen LogP contribution in [0.25, 0.3) is 22.3 Å². The molecule has 0 spiro atoms. The topological polar surface area (TPSA) is 217 Å². The van der Waals surface area contributed by atoms with Gasteiger partial charge in [0.15, 0.2) is 36.1 Å². The zero-order chi connectivity index (χ0) is 58.9. The molecule has 9 aromatic rings. The lowest BCUT2D eigenvalue weighted by Crippen LogP contribution is -2.63. The zero-order valence-corrected chi connectivity index (χ0v) is 45.6. The molecule has 3 heterocycles. The Morgan fingerprint density at radius 3 is 1.55 bits per heavy atom. The maximum Gasteiger partial charge on any atom is 0.344 e. The average Bonchev–Trinajstić information content (AvgIpc) is 3.05. The normalized spacial score (nSPS) is 17.4. The summed E-state index contributed by atoms with van der Waals surface area (Å²) in [6.45, 7) is 0.276. The van der Waals surface area contributed by atoms with E-state index in [-0.39, 0.29) is 62.8 Å². The maximum absolute atomic E-state index is 14.9. The summed E-state index contributed by atoms with van der Waals surface area (Å²) >= 11 is 0. The highest BCUT2D eigenvalue weighted by Gasteiger charge is 2.55. The predicted molar refractivity (Wildman–Crippen MR) is 304 cm³/mol. The van der Waals surface area contributed by atoms with Crippen molar-refractivity contribution < 1.29 is 80.5 Å². The third kappa shape index (κ3) is 12.1. The zero-order valence-electron chi connectivity index (χ0n) is 45.6. The number of ether oxygens (including phenoxy) is 11. The Kier molecular flexibility index (Phi) is 16.6. The molecule has 0 N–H and O–H groups in total. The van der Waals surface area contributed by atoms with Crippen LogP contribution in [0.4, 0.5) is 0 Å². The number of rotatable bonds is 19. The number of hydrogen-bond donors (Lipinski definition) is 0. The summed E-state index contributed by atoms with van der Waals surface area (Å²) in [5, 5.41) is -0.199. The highest BCUT2D eigenvalue weighted by molar-refractivity contribution is 5.92. The van der Waals surface area contributed by atoms with Crippen LogP contribution in [0.3, 0.4) is 0 Å². The summed E-state index contributed by atoms with van der Waals surface area (Å²) in [6.07, 6.45) is -8.74. The number of hydrogen-bond acceptors (Lipinski definition) is 18. The smallest absolute Gasteiger partial charge is 0.344 e. The first-order valence-corrected chi connectivity index (χ1v) is 26.9. The molecule has 0 amide bonds. The SMILES string of the molecule is CCOC(=O)COc1cc(O[C@@H]2OC(COC(=O)c3ccccc3)[C@@H](OC(=O)c3ccccc3)C(OC(=O)c3ccccc3)C2OC(=O)c2ccccc2)cc2oc(-c3ccc4c(c3)OC(c3ccccc3)(c3ccccc3)O4)c(OC)c(=O)c12. The molecule has 0 aliphatic carbocycles. The minimum absolute atomic E-state index is 0.0143. The Morgan fingerprint density at radius 2 is 1.02 bits per heavy atom. The van der Waals surface area contributed by atoms with Crippen LogP contribution >= 0.6 is 0 Å². The second kappa shape index (κ2) is 25.2. The maximum atomic E-state index is 14.9. The molecule has 1 saturated heterocycles. The summed E-state index contributed by atoms with van der Waals surface area (Å²) in [6, 6.07) is 58.0. The van der Waals surface area contributed by atoms with E-state index in [0.717, 1.165) is 0 Å². The monoisotopic (exact) mass is 1140 g/mol. The van der Waals surface area contributed by atoms with Crippen molar-refractivity contribution in [1.29, 1.82) is 0 Å². The first-order chi connectivity index (χ1) is 41.5. The van der Waals surface area contributed by atoms with Crippen molar-refractivity contribution in [1.82, 2.24) is 0 Å². The molecule has 0 saturated carbocycles. The molecule has 1 aromatic heterocycles. The fraction of sp³-hybridized carbons (Fsp3) is 0.164. The first kappa shape index (κ1) is 56.2. The highest BCUT2D eigenvalue weighted by Crippen LogP contribution is 2.50. The molecular weight excluding hydrogens is 1090 g/mol. The van der Waals surface area contributed by atoms with Gasteiger partial charge in [-0.15, -0.1) is 0 Å². The molecule has 3 unspecified atom stereocenters. The van der Waals surface area contributed by atoms with E-state index in [1.165, 1.54) is 67.8 Å². The number of carbonyl (C=O) groups is 5. The number of carbonyl (C=O) groups excluding carboxylic acids is 5. The lowest BCUT2D eigenvalue weighted by atomic mass is 9.97. The molecule has 18 nitrogen and oxygen atoms in total. The highest BCUT2D eigenvalue weighted by atomic mass is 16.7. The van der Waals surface area contributed by atoms with Crippen molar-refractivity contribution in [3.05, 3.63) is 256 Å². The fourth-order valence-electron chi connectivity index (χ4n) is 9.76. The molecular formula is C67H52O18. The molecule has 2 aliphatic rings. The molecule has 11 rings (SSSR count). The molecule has 428 valence electrons. The van der Waals surface area contributed by atoms with E-state index in [4.69, 9.17) is 56.5 Å². The van der Waals surface area contributed by atoms with E-state index in [9.17, 15) is 28.8 Å². The van der Waals surface area contributed by atoms with E-state index in [2.05, 4.69) is 0 Å². The van der Waals surface area contributed by atoms with Crippen molar-refractivity contribution in [2.75, 3.05) is 26.9 Å². The second-order valence-electron chi connectivity index (χ2n) is 19.2. The molecule has 0 bridgehead atoms. The van der Waals surface area contributed by atoms with Gasteiger partial charge in [0.25, 0.3) is 0 Å². The van der Waals surface area contributed by atoms with E-state index < -0.39 is 85.0 Å². The predicted octanol–water partition coefficient (Wildman–Crippen LogP) is 10.7. The molecule has 8 aromatic carbocycles. The van der Waals surface area contributed by atoms with Crippen molar-refractivity contribution in [3.8, 4) is 40.1 Å².